The molecule has 1 aliphatic heterocycles. The third kappa shape index (κ3) is 2.49. The molecule has 0 aromatic carbocycles. The van der Waals surface area contributed by atoms with Gasteiger partial charge in [0.05, 0.1) is 11.5 Å². The third-order valence-electron chi connectivity index (χ3n) is 2.98. The first kappa shape index (κ1) is 14.4. The Labute approximate surface area is 113 Å². The molecule has 2 rings (SSSR count). The summed E-state index contributed by atoms with van der Waals surface area (Å²) < 4.78 is 5.17. The van der Waals surface area contributed by atoms with E-state index in [9.17, 15) is 20.3 Å². The summed E-state index contributed by atoms with van der Waals surface area (Å²) in [6.07, 6.45) is -3.47. The van der Waals surface area contributed by atoms with Gasteiger partial charge in [0.25, 0.3) is 0 Å². The van der Waals surface area contributed by atoms with E-state index in [2.05, 4.69) is 10.3 Å². The highest BCUT2D eigenvalue weighted by atomic mass is 16.6. The van der Waals surface area contributed by atoms with Crippen LogP contribution < -0.4 is 11.1 Å². The smallest absolute Gasteiger partial charge is 0.334 e. The zero-order valence-corrected chi connectivity index (χ0v) is 10.2. The van der Waals surface area contributed by atoms with Crippen LogP contribution >= 0.6 is 0 Å². The molecule has 1 fully saturated rings. The number of nitro groups is 1. The Morgan fingerprint density at radius 3 is 2.75 bits per heavy atom. The van der Waals surface area contributed by atoms with Crippen molar-refractivity contribution in [2.75, 3.05) is 17.7 Å². The number of anilines is 2. The molecule has 10 heteroatoms. The van der Waals surface area contributed by atoms with Crippen LogP contribution in [0.3, 0.4) is 0 Å². The van der Waals surface area contributed by atoms with E-state index in [0.29, 0.717) is 0 Å². The van der Waals surface area contributed by atoms with Crippen LogP contribution in [0.1, 0.15) is 0 Å². The van der Waals surface area contributed by atoms with Crippen molar-refractivity contribution in [3.05, 3.63) is 22.4 Å². The van der Waals surface area contributed by atoms with Crippen molar-refractivity contribution >= 4 is 17.2 Å². The monoisotopic (exact) mass is 286 g/mol. The molecule has 10 nitrogen and oxygen atoms in total. The van der Waals surface area contributed by atoms with E-state index in [1.807, 2.05) is 0 Å². The molecule has 2 heterocycles. The van der Waals surface area contributed by atoms with Gasteiger partial charge in [-0.15, -0.1) is 0 Å². The first-order chi connectivity index (χ1) is 9.45. The van der Waals surface area contributed by atoms with Crippen molar-refractivity contribution < 1.29 is 25.0 Å². The topological polar surface area (TPSA) is 164 Å². The molecule has 4 atom stereocenters. The average Bonchev–Trinajstić information content (AvgIpc) is 2.66. The Kier molecular flexibility index (Phi) is 3.99. The molecule has 0 bridgehead atoms. The lowest BCUT2D eigenvalue weighted by Crippen LogP contribution is -2.36. The van der Waals surface area contributed by atoms with Crippen LogP contribution in [0.2, 0.25) is 0 Å². The van der Waals surface area contributed by atoms with Gasteiger partial charge in [-0.25, -0.2) is 4.98 Å². The number of aliphatic hydroxyl groups excluding tert-OH is 3. The van der Waals surface area contributed by atoms with E-state index < -0.39 is 41.8 Å². The maximum atomic E-state index is 10.9. The van der Waals surface area contributed by atoms with E-state index in [0.717, 1.165) is 0 Å². The summed E-state index contributed by atoms with van der Waals surface area (Å²) in [5.74, 6) is -0.285. The minimum Gasteiger partial charge on any atom is -0.394 e. The van der Waals surface area contributed by atoms with Gasteiger partial charge in [-0.3, -0.25) is 10.1 Å². The maximum absolute atomic E-state index is 10.9. The van der Waals surface area contributed by atoms with Crippen LogP contribution in [0.25, 0.3) is 0 Å². The Morgan fingerprint density at radius 1 is 1.50 bits per heavy atom. The fraction of sp³-hybridized carbons (Fsp3) is 0.500. The number of rotatable bonds is 4. The minimum atomic E-state index is -1.35. The van der Waals surface area contributed by atoms with E-state index >= 15 is 0 Å². The highest BCUT2D eigenvalue weighted by Gasteiger charge is 2.43. The summed E-state index contributed by atoms with van der Waals surface area (Å²) in [6.45, 7) is -0.489. The van der Waals surface area contributed by atoms with Gasteiger partial charge < -0.3 is 31.1 Å². The molecule has 6 N–H and O–H groups in total. The van der Waals surface area contributed by atoms with Crippen LogP contribution in [0.15, 0.2) is 12.3 Å². The predicted octanol–water partition coefficient (Wildman–Crippen LogP) is -1.58. The zero-order chi connectivity index (χ0) is 14.9. The molecular formula is C10H14N4O6. The van der Waals surface area contributed by atoms with Crippen LogP contribution in [0, 0.1) is 10.1 Å². The maximum Gasteiger partial charge on any atom is 0.334 e. The van der Waals surface area contributed by atoms with Gasteiger partial charge in [0.1, 0.15) is 24.0 Å². The second-order valence-corrected chi connectivity index (χ2v) is 4.25. The number of aliphatic hydroxyl groups is 3. The number of nitrogens with two attached hydrogens (primary N) is 1. The summed E-state index contributed by atoms with van der Waals surface area (Å²) in [7, 11) is 0. The largest absolute Gasteiger partial charge is 0.394 e. The SMILES string of the molecule is Nc1nccc(N[C@@H]2O[C@H](CO)[C@@H](O)[C@H]2O)c1[N+](=O)[O-]. The number of hydrogen-bond donors (Lipinski definition) is 5. The Hall–Kier alpha value is -2.01. The molecular weight excluding hydrogens is 272 g/mol. The van der Waals surface area contributed by atoms with Crippen molar-refractivity contribution in [1.29, 1.82) is 0 Å². The van der Waals surface area contributed by atoms with Crippen LogP contribution in [-0.4, -0.2) is 56.4 Å². The quantitative estimate of drug-likeness (QED) is 0.324. The molecule has 1 aromatic rings. The number of nitrogen functional groups attached to an aromatic ring is 1. The first-order valence-corrected chi connectivity index (χ1v) is 5.73. The predicted molar refractivity (Wildman–Crippen MR) is 66.7 cm³/mol. The van der Waals surface area contributed by atoms with Gasteiger partial charge in [0.2, 0.25) is 5.82 Å². The second kappa shape index (κ2) is 5.54. The van der Waals surface area contributed by atoms with Crippen LogP contribution in [-0.2, 0) is 4.74 Å². The van der Waals surface area contributed by atoms with Crippen molar-refractivity contribution in [2.45, 2.75) is 24.5 Å². The van der Waals surface area contributed by atoms with Crippen molar-refractivity contribution in [2.24, 2.45) is 0 Å². The molecule has 1 aliphatic rings. The lowest BCUT2D eigenvalue weighted by atomic mass is 10.1. The van der Waals surface area contributed by atoms with Gasteiger partial charge in [-0.2, -0.15) is 0 Å². The Bertz CT molecular complexity index is 513. The fourth-order valence-electron chi connectivity index (χ4n) is 1.95. The molecule has 0 unspecified atom stereocenters. The number of pyridine rings is 1. The van der Waals surface area contributed by atoms with Crippen LogP contribution in [0.4, 0.5) is 17.2 Å². The number of ether oxygens (including phenoxy) is 1. The molecule has 0 saturated carbocycles. The Morgan fingerprint density at radius 2 is 2.20 bits per heavy atom. The zero-order valence-electron chi connectivity index (χ0n) is 10.2. The van der Waals surface area contributed by atoms with Gasteiger partial charge in [-0.05, 0) is 6.07 Å². The average molecular weight is 286 g/mol. The van der Waals surface area contributed by atoms with Gasteiger partial charge >= 0.3 is 5.69 Å². The molecule has 1 saturated heterocycles. The number of nitrogens with one attached hydrogen (secondary N) is 1. The molecule has 20 heavy (non-hydrogen) atoms. The van der Waals surface area contributed by atoms with Crippen molar-refractivity contribution in [1.82, 2.24) is 4.98 Å². The number of aromatic nitrogens is 1. The lowest BCUT2D eigenvalue weighted by molar-refractivity contribution is -0.383. The summed E-state index contributed by atoms with van der Waals surface area (Å²) in [5.41, 5.74) is 4.97. The highest BCUT2D eigenvalue weighted by molar-refractivity contribution is 5.71. The molecule has 0 aliphatic carbocycles. The normalized spacial score (nSPS) is 29.4. The standard InChI is InChI=1S/C10H14N4O6/c11-9-6(14(18)19)4(1-2-12-9)13-10-8(17)7(16)5(3-15)20-10/h1-2,5,7-8,10,15-17H,3H2,(H3,11,12,13)/t5-,7-,8-,10-/m1/s1. The molecule has 1 aromatic heterocycles. The third-order valence-corrected chi connectivity index (χ3v) is 2.98. The van der Waals surface area contributed by atoms with Gasteiger partial charge in [-0.1, -0.05) is 0 Å². The molecule has 0 radical (unpaired) electrons. The van der Waals surface area contributed by atoms with Gasteiger partial charge in [0, 0.05) is 6.20 Å². The van der Waals surface area contributed by atoms with E-state index in [4.69, 9.17) is 15.6 Å². The van der Waals surface area contributed by atoms with Crippen molar-refractivity contribution in [3.63, 3.8) is 0 Å². The second-order valence-electron chi connectivity index (χ2n) is 4.25. The summed E-state index contributed by atoms with van der Waals surface area (Å²) >= 11 is 0. The number of hydrogen-bond acceptors (Lipinski definition) is 9. The molecule has 0 amide bonds. The summed E-state index contributed by atoms with van der Waals surface area (Å²) in [5, 5.41) is 41.8. The van der Waals surface area contributed by atoms with Gasteiger partial charge in [0.15, 0.2) is 6.23 Å². The van der Waals surface area contributed by atoms with Crippen molar-refractivity contribution in [3.8, 4) is 0 Å². The van der Waals surface area contributed by atoms with E-state index in [1.165, 1.54) is 12.3 Å². The number of nitrogens with zero attached hydrogens (tertiary/aromatic N) is 2. The molecule has 0 spiro atoms. The fourth-order valence-corrected chi connectivity index (χ4v) is 1.95. The summed E-state index contributed by atoms with van der Waals surface area (Å²) in [4.78, 5) is 13.8. The lowest BCUT2D eigenvalue weighted by Gasteiger charge is -2.17. The van der Waals surface area contributed by atoms with E-state index in [1.54, 1.807) is 0 Å². The Balaban J connectivity index is 2.23. The highest BCUT2D eigenvalue weighted by Crippen LogP contribution is 2.31. The van der Waals surface area contributed by atoms with Crippen LogP contribution in [0.5, 0.6) is 0 Å². The summed E-state index contributed by atoms with van der Waals surface area (Å²) in [6, 6.07) is 1.29. The molecule has 110 valence electrons. The van der Waals surface area contributed by atoms with E-state index in [-0.39, 0.29) is 11.5 Å². The first-order valence-electron chi connectivity index (χ1n) is 5.73. The minimum absolute atomic E-state index is 0.00246.